The predicted octanol–water partition coefficient (Wildman–Crippen LogP) is 3.19. The van der Waals surface area contributed by atoms with Crippen LogP contribution in [0.15, 0.2) is 36.4 Å². The number of ether oxygens (including phenoxy) is 2. The topological polar surface area (TPSA) is 59.1 Å². The molecule has 0 bridgehead atoms. The first-order valence-corrected chi connectivity index (χ1v) is 9.29. The van der Waals surface area contributed by atoms with Gasteiger partial charge in [0.1, 0.15) is 24.7 Å². The van der Waals surface area contributed by atoms with Crippen molar-refractivity contribution >= 4 is 36.4 Å². The molecule has 30 heavy (non-hydrogen) atoms. The Balaban J connectivity index is 0.00000225. The summed E-state index contributed by atoms with van der Waals surface area (Å²) in [6.07, 6.45) is 0. The predicted molar refractivity (Wildman–Crippen MR) is 122 cm³/mol. The number of benzene rings is 2. The Morgan fingerprint density at radius 3 is 1.33 bits per heavy atom. The summed E-state index contributed by atoms with van der Waals surface area (Å²) in [5, 5.41) is 0. The van der Waals surface area contributed by atoms with E-state index in [9.17, 15) is 9.59 Å². The maximum Gasteiger partial charge on any atom is 0.194 e. The molecule has 0 saturated heterocycles. The van der Waals surface area contributed by atoms with Crippen molar-refractivity contribution in [2.75, 3.05) is 54.5 Å². The fourth-order valence-corrected chi connectivity index (χ4v) is 2.98. The third-order valence-corrected chi connectivity index (χ3v) is 4.58. The fourth-order valence-electron chi connectivity index (χ4n) is 2.98. The number of rotatable bonds is 8. The molecular formula is C22H28Cl2N2O4. The number of fused-ring (bicyclic) bond motifs is 2. The van der Waals surface area contributed by atoms with E-state index in [1.807, 2.05) is 38.0 Å². The van der Waals surface area contributed by atoms with Crippen LogP contribution >= 0.6 is 24.8 Å². The number of carbonyl (C=O) groups is 2. The number of hydrogen-bond acceptors (Lipinski definition) is 6. The lowest BCUT2D eigenvalue weighted by atomic mass is 9.84. The standard InChI is InChI=1S/C22H26N2O4.2ClH/c1-23(2)9-11-27-15-5-7-17-19(13-15)21(25)18-8-6-16(14-20(18)22(17)26)28-12-10-24(3)4;;/h5-8,13-14H,9-12H2,1-4H3;2*1H. The molecule has 2 aromatic carbocycles. The summed E-state index contributed by atoms with van der Waals surface area (Å²) in [6, 6.07) is 10.1. The Kier molecular flexibility index (Phi) is 9.78. The van der Waals surface area contributed by atoms with Gasteiger partial charge in [0.05, 0.1) is 0 Å². The van der Waals surface area contributed by atoms with Crippen molar-refractivity contribution < 1.29 is 19.1 Å². The van der Waals surface area contributed by atoms with Crippen LogP contribution in [0.25, 0.3) is 0 Å². The molecule has 0 spiro atoms. The average Bonchev–Trinajstić information content (AvgIpc) is 2.65. The van der Waals surface area contributed by atoms with E-state index >= 15 is 0 Å². The lowest BCUT2D eigenvalue weighted by molar-refractivity contribution is 0.0978. The fraction of sp³-hybridized carbons (Fsp3) is 0.364. The van der Waals surface area contributed by atoms with Crippen molar-refractivity contribution in [3.05, 3.63) is 58.7 Å². The Morgan fingerprint density at radius 2 is 1.00 bits per heavy atom. The Labute approximate surface area is 190 Å². The first kappa shape index (κ1) is 25.9. The van der Waals surface area contributed by atoms with E-state index in [1.165, 1.54) is 0 Å². The van der Waals surface area contributed by atoms with Crippen molar-refractivity contribution in [2.45, 2.75) is 0 Å². The highest BCUT2D eigenvalue weighted by atomic mass is 35.5. The normalized spacial score (nSPS) is 12.1. The van der Waals surface area contributed by atoms with Crippen LogP contribution in [-0.4, -0.2) is 75.9 Å². The lowest BCUT2D eigenvalue weighted by Crippen LogP contribution is -2.22. The molecule has 1 aliphatic rings. The van der Waals surface area contributed by atoms with E-state index in [-0.39, 0.29) is 36.4 Å². The van der Waals surface area contributed by atoms with E-state index in [0.29, 0.717) is 47.0 Å². The van der Waals surface area contributed by atoms with Gasteiger partial charge < -0.3 is 19.3 Å². The number of hydrogen-bond donors (Lipinski definition) is 0. The molecule has 0 amide bonds. The molecule has 6 nitrogen and oxygen atoms in total. The molecule has 0 unspecified atom stereocenters. The van der Waals surface area contributed by atoms with Gasteiger partial charge in [-0.05, 0) is 64.6 Å². The third-order valence-electron chi connectivity index (χ3n) is 4.58. The smallest absolute Gasteiger partial charge is 0.194 e. The zero-order valence-electron chi connectivity index (χ0n) is 17.6. The average molecular weight is 455 g/mol. The van der Waals surface area contributed by atoms with Crippen molar-refractivity contribution in [3.8, 4) is 11.5 Å². The zero-order chi connectivity index (χ0) is 20.3. The van der Waals surface area contributed by atoms with Crippen molar-refractivity contribution in [3.63, 3.8) is 0 Å². The quantitative estimate of drug-likeness (QED) is 0.520. The summed E-state index contributed by atoms with van der Waals surface area (Å²) in [5.41, 5.74) is 1.59. The highest BCUT2D eigenvalue weighted by Gasteiger charge is 2.30. The van der Waals surface area contributed by atoms with Gasteiger partial charge in [-0.3, -0.25) is 9.59 Å². The molecule has 0 saturated carbocycles. The van der Waals surface area contributed by atoms with E-state index in [0.717, 1.165) is 13.1 Å². The van der Waals surface area contributed by atoms with Crippen molar-refractivity contribution in [1.29, 1.82) is 0 Å². The van der Waals surface area contributed by atoms with Gasteiger partial charge in [-0.15, -0.1) is 24.8 Å². The minimum Gasteiger partial charge on any atom is -0.492 e. The number of likely N-dealkylation sites (N-methyl/N-ethyl adjacent to an activating group) is 2. The maximum atomic E-state index is 12.9. The van der Waals surface area contributed by atoms with Gasteiger partial charge in [0.15, 0.2) is 11.6 Å². The largest absolute Gasteiger partial charge is 0.492 e. The van der Waals surface area contributed by atoms with Crippen molar-refractivity contribution in [2.24, 2.45) is 0 Å². The maximum absolute atomic E-state index is 12.9. The molecule has 0 atom stereocenters. The molecule has 0 aromatic heterocycles. The third kappa shape index (κ3) is 5.95. The molecule has 0 N–H and O–H groups in total. The molecule has 0 radical (unpaired) electrons. The zero-order valence-corrected chi connectivity index (χ0v) is 19.3. The second-order valence-corrected chi connectivity index (χ2v) is 7.38. The molecule has 0 aliphatic heterocycles. The highest BCUT2D eigenvalue weighted by molar-refractivity contribution is 6.28. The van der Waals surface area contributed by atoms with Crippen LogP contribution in [0.2, 0.25) is 0 Å². The molecular weight excluding hydrogens is 427 g/mol. The molecule has 164 valence electrons. The van der Waals surface area contributed by atoms with Crippen LogP contribution in [0.1, 0.15) is 31.8 Å². The Morgan fingerprint density at radius 1 is 0.633 bits per heavy atom. The van der Waals surface area contributed by atoms with Gasteiger partial charge >= 0.3 is 0 Å². The van der Waals surface area contributed by atoms with Crippen molar-refractivity contribution in [1.82, 2.24) is 9.80 Å². The molecule has 2 aromatic rings. The molecule has 3 rings (SSSR count). The van der Waals surface area contributed by atoms with E-state index < -0.39 is 0 Å². The van der Waals surface area contributed by atoms with Gasteiger partial charge in [0.25, 0.3) is 0 Å². The number of carbonyl (C=O) groups excluding carboxylic acids is 2. The van der Waals surface area contributed by atoms with Crippen LogP contribution in [0.5, 0.6) is 11.5 Å². The summed E-state index contributed by atoms with van der Waals surface area (Å²) in [7, 11) is 7.86. The first-order valence-electron chi connectivity index (χ1n) is 9.29. The lowest BCUT2D eigenvalue weighted by Gasteiger charge is -2.20. The summed E-state index contributed by atoms with van der Waals surface area (Å²) in [6.45, 7) is 2.56. The Hall–Kier alpha value is -2.12. The van der Waals surface area contributed by atoms with Crippen LogP contribution in [0, 0.1) is 0 Å². The monoisotopic (exact) mass is 454 g/mol. The second kappa shape index (κ2) is 11.3. The minimum atomic E-state index is -0.164. The van der Waals surface area contributed by atoms with Gasteiger partial charge in [-0.1, -0.05) is 0 Å². The number of halogens is 2. The SMILES string of the molecule is CN(C)CCOc1ccc2c(c1)C(=O)c1ccc(OCCN(C)C)cc1C2=O.Cl.Cl. The minimum absolute atomic E-state index is 0. The van der Waals surface area contributed by atoms with E-state index in [2.05, 4.69) is 0 Å². The number of nitrogens with zero attached hydrogens (tertiary/aromatic N) is 2. The van der Waals surface area contributed by atoms with Crippen LogP contribution in [-0.2, 0) is 0 Å². The summed E-state index contributed by atoms with van der Waals surface area (Å²) < 4.78 is 11.4. The Bertz CT molecular complexity index is 827. The summed E-state index contributed by atoms with van der Waals surface area (Å²) in [5.74, 6) is 0.854. The summed E-state index contributed by atoms with van der Waals surface area (Å²) >= 11 is 0. The van der Waals surface area contributed by atoms with E-state index in [1.54, 1.807) is 36.4 Å². The molecule has 0 fully saturated rings. The molecule has 1 aliphatic carbocycles. The summed E-state index contributed by atoms with van der Waals surface area (Å²) in [4.78, 5) is 29.9. The first-order chi connectivity index (χ1) is 13.4. The van der Waals surface area contributed by atoms with Gasteiger partial charge in [0, 0.05) is 35.3 Å². The highest BCUT2D eigenvalue weighted by Crippen LogP contribution is 2.32. The van der Waals surface area contributed by atoms with Crippen LogP contribution < -0.4 is 9.47 Å². The van der Waals surface area contributed by atoms with Crippen LogP contribution in [0.4, 0.5) is 0 Å². The molecule has 8 heteroatoms. The van der Waals surface area contributed by atoms with Gasteiger partial charge in [-0.25, -0.2) is 0 Å². The van der Waals surface area contributed by atoms with E-state index in [4.69, 9.17) is 9.47 Å². The van der Waals surface area contributed by atoms with Gasteiger partial charge in [-0.2, -0.15) is 0 Å². The molecule has 0 heterocycles. The second-order valence-electron chi connectivity index (χ2n) is 7.38. The number of ketones is 2. The van der Waals surface area contributed by atoms with Crippen LogP contribution in [0.3, 0.4) is 0 Å². The van der Waals surface area contributed by atoms with Gasteiger partial charge in [0.2, 0.25) is 0 Å².